The van der Waals surface area contributed by atoms with E-state index >= 15 is 0 Å². The monoisotopic (exact) mass is 226 g/mol. The molecule has 0 unspecified atom stereocenters. The van der Waals surface area contributed by atoms with Crippen molar-refractivity contribution in [2.45, 2.75) is 44.2 Å². The van der Waals surface area contributed by atoms with Crippen LogP contribution in [0.4, 0.5) is 0 Å². The minimum Gasteiger partial charge on any atom is -0.396 e. The van der Waals surface area contributed by atoms with Crippen molar-refractivity contribution in [1.82, 2.24) is 10.2 Å². The first-order valence-electron chi connectivity index (χ1n) is 6.34. The van der Waals surface area contributed by atoms with Crippen LogP contribution in [-0.4, -0.2) is 48.2 Å². The Bertz CT molecular complexity index is 257. The summed E-state index contributed by atoms with van der Waals surface area (Å²) >= 11 is 0. The predicted octanol–water partition coefficient (Wildman–Crippen LogP) is 0.358. The molecule has 92 valence electrons. The van der Waals surface area contributed by atoms with Gasteiger partial charge in [-0.25, -0.2) is 0 Å². The summed E-state index contributed by atoms with van der Waals surface area (Å²) in [7, 11) is 1.86. The van der Waals surface area contributed by atoms with E-state index in [1.165, 1.54) is 12.8 Å². The van der Waals surface area contributed by atoms with Crippen molar-refractivity contribution in [2.24, 2.45) is 5.92 Å². The van der Waals surface area contributed by atoms with Crippen molar-refractivity contribution < 1.29 is 9.90 Å². The number of likely N-dealkylation sites (tertiary alicyclic amines) is 1. The van der Waals surface area contributed by atoms with Crippen LogP contribution in [0.1, 0.15) is 32.1 Å². The van der Waals surface area contributed by atoms with E-state index in [1.807, 2.05) is 7.05 Å². The third-order valence-corrected chi connectivity index (χ3v) is 3.99. The molecule has 4 nitrogen and oxygen atoms in total. The summed E-state index contributed by atoms with van der Waals surface area (Å²) in [5.41, 5.74) is 0. The third-order valence-electron chi connectivity index (χ3n) is 3.99. The number of aliphatic hydroxyl groups excluding tert-OH is 1. The maximum Gasteiger partial charge on any atom is 0.239 e. The number of carbonyl (C=O) groups is 1. The smallest absolute Gasteiger partial charge is 0.239 e. The van der Waals surface area contributed by atoms with Gasteiger partial charge >= 0.3 is 0 Å². The Morgan fingerprint density at radius 3 is 2.75 bits per heavy atom. The molecule has 1 aliphatic carbocycles. The molecule has 1 saturated carbocycles. The molecule has 2 fully saturated rings. The van der Waals surface area contributed by atoms with E-state index in [4.69, 9.17) is 0 Å². The Kier molecular flexibility index (Phi) is 3.82. The molecule has 0 bridgehead atoms. The van der Waals surface area contributed by atoms with E-state index in [2.05, 4.69) is 5.32 Å². The number of aliphatic hydroxyl groups is 1. The predicted molar refractivity (Wildman–Crippen MR) is 62.0 cm³/mol. The SMILES string of the molecule is CN1CC[C@@H](N[C@H]2CCCC[C@@H]2CO)C1=O. The highest BCUT2D eigenvalue weighted by molar-refractivity contribution is 5.83. The minimum atomic E-state index is -0.0119. The average molecular weight is 226 g/mol. The minimum absolute atomic E-state index is 0.0119. The summed E-state index contributed by atoms with van der Waals surface area (Å²) < 4.78 is 0. The maximum absolute atomic E-state index is 11.8. The van der Waals surface area contributed by atoms with Crippen LogP contribution in [0.25, 0.3) is 0 Å². The number of hydrogen-bond donors (Lipinski definition) is 2. The summed E-state index contributed by atoms with van der Waals surface area (Å²) in [6.07, 6.45) is 5.51. The molecule has 1 aliphatic heterocycles. The lowest BCUT2D eigenvalue weighted by Gasteiger charge is -2.32. The number of rotatable bonds is 3. The molecule has 1 saturated heterocycles. The Hall–Kier alpha value is -0.610. The lowest BCUT2D eigenvalue weighted by Crippen LogP contribution is -2.48. The molecule has 16 heavy (non-hydrogen) atoms. The molecule has 0 aromatic heterocycles. The molecule has 2 aliphatic rings. The van der Waals surface area contributed by atoms with E-state index in [-0.39, 0.29) is 18.6 Å². The number of carbonyl (C=O) groups excluding carboxylic acids is 1. The van der Waals surface area contributed by atoms with Gasteiger partial charge in [0.05, 0.1) is 6.04 Å². The fourth-order valence-electron chi connectivity index (χ4n) is 2.88. The quantitative estimate of drug-likeness (QED) is 0.730. The van der Waals surface area contributed by atoms with Crippen molar-refractivity contribution in [2.75, 3.05) is 20.2 Å². The maximum atomic E-state index is 11.8. The first-order chi connectivity index (χ1) is 7.72. The van der Waals surface area contributed by atoms with Crippen LogP contribution in [0, 0.1) is 5.92 Å². The van der Waals surface area contributed by atoms with E-state index in [0.717, 1.165) is 25.8 Å². The molecule has 0 spiro atoms. The Morgan fingerprint density at radius 1 is 1.38 bits per heavy atom. The van der Waals surface area contributed by atoms with Crippen LogP contribution in [-0.2, 0) is 4.79 Å². The van der Waals surface area contributed by atoms with Crippen molar-refractivity contribution in [1.29, 1.82) is 0 Å². The number of nitrogens with zero attached hydrogens (tertiary/aromatic N) is 1. The molecule has 2 N–H and O–H groups in total. The van der Waals surface area contributed by atoms with Crippen molar-refractivity contribution in [3.63, 3.8) is 0 Å². The van der Waals surface area contributed by atoms with Gasteiger partial charge in [-0.15, -0.1) is 0 Å². The molecule has 0 aromatic rings. The standard InChI is InChI=1S/C12H22N2O2/c1-14-7-6-11(12(14)16)13-10-5-3-2-4-9(10)8-15/h9-11,13,15H,2-8H2,1H3/t9-,10+,11-/m1/s1. The molecule has 4 heteroatoms. The van der Waals surface area contributed by atoms with E-state index in [1.54, 1.807) is 4.90 Å². The van der Waals surface area contributed by atoms with Gasteiger partial charge in [-0.1, -0.05) is 12.8 Å². The molecule has 0 radical (unpaired) electrons. The molecular formula is C12H22N2O2. The molecule has 2 rings (SSSR count). The van der Waals surface area contributed by atoms with Crippen LogP contribution in [0.2, 0.25) is 0 Å². The zero-order valence-electron chi connectivity index (χ0n) is 9.98. The highest BCUT2D eigenvalue weighted by Gasteiger charge is 2.33. The zero-order valence-corrected chi connectivity index (χ0v) is 9.98. The van der Waals surface area contributed by atoms with Crippen molar-refractivity contribution >= 4 is 5.91 Å². The molecular weight excluding hydrogens is 204 g/mol. The first-order valence-corrected chi connectivity index (χ1v) is 6.34. The fourth-order valence-corrected chi connectivity index (χ4v) is 2.88. The van der Waals surface area contributed by atoms with Gasteiger partial charge in [0.25, 0.3) is 0 Å². The zero-order chi connectivity index (χ0) is 11.5. The highest BCUT2D eigenvalue weighted by atomic mass is 16.3. The van der Waals surface area contributed by atoms with Crippen LogP contribution < -0.4 is 5.32 Å². The summed E-state index contributed by atoms with van der Waals surface area (Å²) in [4.78, 5) is 13.6. The lowest BCUT2D eigenvalue weighted by atomic mass is 9.84. The van der Waals surface area contributed by atoms with Crippen LogP contribution >= 0.6 is 0 Å². The second-order valence-electron chi connectivity index (χ2n) is 5.10. The third kappa shape index (κ3) is 2.38. The lowest BCUT2D eigenvalue weighted by molar-refractivity contribution is -0.128. The van der Waals surface area contributed by atoms with Gasteiger partial charge in [0.2, 0.25) is 5.91 Å². The van der Waals surface area contributed by atoms with Gasteiger partial charge in [-0.3, -0.25) is 4.79 Å². The molecule has 3 atom stereocenters. The van der Waals surface area contributed by atoms with Gasteiger partial charge in [-0.05, 0) is 25.2 Å². The number of amides is 1. The van der Waals surface area contributed by atoms with Gasteiger partial charge < -0.3 is 15.3 Å². The number of likely N-dealkylation sites (N-methyl/N-ethyl adjacent to an activating group) is 1. The molecule has 1 amide bonds. The van der Waals surface area contributed by atoms with Crippen molar-refractivity contribution in [3.05, 3.63) is 0 Å². The van der Waals surface area contributed by atoms with Gasteiger partial charge in [0.15, 0.2) is 0 Å². The molecule has 1 heterocycles. The summed E-state index contributed by atoms with van der Waals surface area (Å²) in [6.45, 7) is 1.10. The van der Waals surface area contributed by atoms with Crippen LogP contribution in [0.3, 0.4) is 0 Å². The van der Waals surface area contributed by atoms with E-state index in [9.17, 15) is 9.90 Å². The summed E-state index contributed by atoms with van der Waals surface area (Å²) in [5.74, 6) is 0.551. The van der Waals surface area contributed by atoms with Crippen LogP contribution in [0.5, 0.6) is 0 Å². The Labute approximate surface area is 97.0 Å². The topological polar surface area (TPSA) is 52.6 Å². The Morgan fingerprint density at radius 2 is 2.12 bits per heavy atom. The normalized spacial score (nSPS) is 35.8. The average Bonchev–Trinajstić information content (AvgIpc) is 2.62. The van der Waals surface area contributed by atoms with Crippen molar-refractivity contribution in [3.8, 4) is 0 Å². The van der Waals surface area contributed by atoms with E-state index in [0.29, 0.717) is 12.0 Å². The second kappa shape index (κ2) is 5.15. The largest absolute Gasteiger partial charge is 0.396 e. The van der Waals surface area contributed by atoms with Gasteiger partial charge in [0.1, 0.15) is 0 Å². The van der Waals surface area contributed by atoms with Gasteiger partial charge in [-0.2, -0.15) is 0 Å². The highest BCUT2D eigenvalue weighted by Crippen LogP contribution is 2.25. The summed E-state index contributed by atoms with van der Waals surface area (Å²) in [5, 5.41) is 12.8. The fraction of sp³-hybridized carbons (Fsp3) is 0.917. The summed E-state index contributed by atoms with van der Waals surface area (Å²) in [6, 6.07) is 0.321. The first kappa shape index (κ1) is 11.9. The number of nitrogens with one attached hydrogen (secondary N) is 1. The molecule has 0 aromatic carbocycles. The van der Waals surface area contributed by atoms with Crippen LogP contribution in [0.15, 0.2) is 0 Å². The Balaban J connectivity index is 1.90. The second-order valence-corrected chi connectivity index (χ2v) is 5.10. The van der Waals surface area contributed by atoms with Gasteiger partial charge in [0, 0.05) is 26.2 Å². The number of hydrogen-bond acceptors (Lipinski definition) is 3. The van der Waals surface area contributed by atoms with E-state index < -0.39 is 0 Å².